The summed E-state index contributed by atoms with van der Waals surface area (Å²) < 4.78 is 52.2. The third-order valence-electron chi connectivity index (χ3n) is 5.06. The van der Waals surface area contributed by atoms with E-state index in [4.69, 9.17) is 0 Å². The minimum Gasteiger partial charge on any atom is -0.338 e. The summed E-state index contributed by atoms with van der Waals surface area (Å²) in [6.45, 7) is 0.918. The number of carbonyl (C=O) groups excluding carboxylic acids is 1. The van der Waals surface area contributed by atoms with Crippen LogP contribution in [0.4, 0.5) is 17.6 Å². The first-order chi connectivity index (χ1) is 14.3. The Kier molecular flexibility index (Phi) is 5.55. The minimum atomic E-state index is -4.44. The van der Waals surface area contributed by atoms with Gasteiger partial charge in [-0.05, 0) is 49.2 Å². The van der Waals surface area contributed by atoms with E-state index in [9.17, 15) is 22.4 Å². The van der Waals surface area contributed by atoms with Gasteiger partial charge < -0.3 is 4.90 Å². The topological polar surface area (TPSA) is 46.1 Å². The summed E-state index contributed by atoms with van der Waals surface area (Å²) in [4.78, 5) is 14.4. The summed E-state index contributed by atoms with van der Waals surface area (Å²) in [6.07, 6.45) is -2.89. The molecule has 0 aliphatic carbocycles. The van der Waals surface area contributed by atoms with Crippen LogP contribution in [-0.4, -0.2) is 34.1 Å². The molecule has 1 fully saturated rings. The normalized spacial score (nSPS) is 17.2. The molecule has 2 aromatic carbocycles. The van der Waals surface area contributed by atoms with Crippen LogP contribution in [0.25, 0.3) is 10.6 Å². The van der Waals surface area contributed by atoms with E-state index in [1.807, 2.05) is 0 Å². The largest absolute Gasteiger partial charge is 0.416 e. The first-order valence-corrected chi connectivity index (χ1v) is 10.2. The van der Waals surface area contributed by atoms with E-state index in [0.29, 0.717) is 23.7 Å². The first-order valence-electron chi connectivity index (χ1n) is 9.38. The Balaban J connectivity index is 1.48. The fourth-order valence-electron chi connectivity index (χ4n) is 3.49. The second-order valence-electron chi connectivity index (χ2n) is 7.09. The first kappa shape index (κ1) is 20.5. The number of hydrogen-bond acceptors (Lipinski definition) is 4. The molecule has 0 radical (unpaired) electrons. The highest BCUT2D eigenvalue weighted by molar-refractivity contribution is 7.14. The number of halogens is 4. The van der Waals surface area contributed by atoms with Crippen LogP contribution >= 0.6 is 11.3 Å². The van der Waals surface area contributed by atoms with Crippen LogP contribution in [0.1, 0.15) is 39.7 Å². The molecule has 4 nitrogen and oxygen atoms in total. The van der Waals surface area contributed by atoms with Gasteiger partial charge in [0.05, 0.1) is 5.56 Å². The number of alkyl halides is 3. The molecular formula is C21H17F4N3OS. The van der Waals surface area contributed by atoms with Crippen molar-refractivity contribution < 1.29 is 22.4 Å². The number of piperidine rings is 1. The van der Waals surface area contributed by atoms with E-state index >= 15 is 0 Å². The van der Waals surface area contributed by atoms with Crippen LogP contribution in [0.3, 0.4) is 0 Å². The highest BCUT2D eigenvalue weighted by Crippen LogP contribution is 2.34. The second kappa shape index (κ2) is 8.14. The molecule has 0 N–H and O–H groups in total. The highest BCUT2D eigenvalue weighted by Gasteiger charge is 2.31. The third-order valence-corrected chi connectivity index (χ3v) is 6.18. The smallest absolute Gasteiger partial charge is 0.338 e. The number of carbonyl (C=O) groups is 1. The van der Waals surface area contributed by atoms with Crippen molar-refractivity contribution >= 4 is 17.2 Å². The van der Waals surface area contributed by atoms with Gasteiger partial charge in [-0.2, -0.15) is 13.2 Å². The van der Waals surface area contributed by atoms with Crippen LogP contribution in [0, 0.1) is 5.82 Å². The molecule has 1 saturated heterocycles. The summed E-state index contributed by atoms with van der Waals surface area (Å²) in [6, 6.07) is 10.6. The number of rotatable bonds is 3. The predicted octanol–water partition coefficient (Wildman–Crippen LogP) is 5.38. The van der Waals surface area contributed by atoms with Crippen LogP contribution in [0.15, 0.2) is 48.5 Å². The summed E-state index contributed by atoms with van der Waals surface area (Å²) in [7, 11) is 0. The van der Waals surface area contributed by atoms with Crippen molar-refractivity contribution in [2.24, 2.45) is 0 Å². The summed E-state index contributed by atoms with van der Waals surface area (Å²) in [5.74, 6) is -0.731. The van der Waals surface area contributed by atoms with Gasteiger partial charge in [0.15, 0.2) is 5.01 Å². The van der Waals surface area contributed by atoms with Gasteiger partial charge in [0.25, 0.3) is 5.91 Å². The van der Waals surface area contributed by atoms with Gasteiger partial charge in [0, 0.05) is 30.1 Å². The Bertz CT molecular complexity index is 1050. The number of likely N-dealkylation sites (tertiary alicyclic amines) is 1. The molecule has 30 heavy (non-hydrogen) atoms. The molecule has 1 amide bonds. The van der Waals surface area contributed by atoms with Gasteiger partial charge in [0.2, 0.25) is 0 Å². The SMILES string of the molecule is O=C(c1ccc(C(F)(F)F)cc1)N1CCCC(c2nnc(-c3ccccc3F)s2)C1. The summed E-state index contributed by atoms with van der Waals surface area (Å²) in [5, 5.41) is 9.50. The van der Waals surface area contributed by atoms with Crippen LogP contribution in [0.2, 0.25) is 0 Å². The maximum atomic E-state index is 14.0. The number of aromatic nitrogens is 2. The Morgan fingerprint density at radius 3 is 2.50 bits per heavy atom. The van der Waals surface area contributed by atoms with Gasteiger partial charge in [-0.15, -0.1) is 10.2 Å². The Morgan fingerprint density at radius 1 is 1.07 bits per heavy atom. The van der Waals surface area contributed by atoms with Crippen molar-refractivity contribution in [2.75, 3.05) is 13.1 Å². The number of hydrogen-bond donors (Lipinski definition) is 0. The van der Waals surface area contributed by atoms with E-state index in [2.05, 4.69) is 10.2 Å². The maximum absolute atomic E-state index is 14.0. The lowest BCUT2D eigenvalue weighted by Gasteiger charge is -2.31. The maximum Gasteiger partial charge on any atom is 0.416 e. The minimum absolute atomic E-state index is 0.0461. The van der Waals surface area contributed by atoms with E-state index in [-0.39, 0.29) is 23.2 Å². The number of nitrogens with zero attached hydrogens (tertiary/aromatic N) is 3. The molecule has 156 valence electrons. The van der Waals surface area contributed by atoms with Crippen molar-refractivity contribution in [3.05, 3.63) is 70.5 Å². The molecular weight excluding hydrogens is 418 g/mol. The van der Waals surface area contributed by atoms with E-state index < -0.39 is 11.7 Å². The van der Waals surface area contributed by atoms with Gasteiger partial charge in [-0.3, -0.25) is 4.79 Å². The number of amides is 1. The predicted molar refractivity (Wildman–Crippen MR) is 105 cm³/mol. The Labute approximate surface area is 174 Å². The van der Waals surface area contributed by atoms with E-state index in [0.717, 1.165) is 30.0 Å². The van der Waals surface area contributed by atoms with E-state index in [1.54, 1.807) is 23.1 Å². The molecule has 3 aromatic rings. The fraction of sp³-hybridized carbons (Fsp3) is 0.286. The van der Waals surface area contributed by atoms with Crippen molar-refractivity contribution in [1.29, 1.82) is 0 Å². The van der Waals surface area contributed by atoms with Crippen LogP contribution in [-0.2, 0) is 6.18 Å². The van der Waals surface area contributed by atoms with Crippen molar-refractivity contribution in [3.63, 3.8) is 0 Å². The van der Waals surface area contributed by atoms with Crippen LogP contribution in [0.5, 0.6) is 0 Å². The number of benzene rings is 2. The van der Waals surface area contributed by atoms with Crippen molar-refractivity contribution in [3.8, 4) is 10.6 Å². The monoisotopic (exact) mass is 435 g/mol. The van der Waals surface area contributed by atoms with Crippen LogP contribution < -0.4 is 0 Å². The zero-order valence-corrected chi connectivity index (χ0v) is 16.5. The Morgan fingerprint density at radius 2 is 1.80 bits per heavy atom. The molecule has 1 unspecified atom stereocenters. The standard InChI is InChI=1S/C21H17F4N3OS/c22-17-6-2-1-5-16(17)19-27-26-18(30-19)14-4-3-11-28(12-14)20(29)13-7-9-15(10-8-13)21(23,24)25/h1-2,5-10,14H,3-4,11-12H2. The lowest BCUT2D eigenvalue weighted by Crippen LogP contribution is -2.39. The molecule has 1 aromatic heterocycles. The molecule has 0 saturated carbocycles. The average molecular weight is 435 g/mol. The quantitative estimate of drug-likeness (QED) is 0.519. The lowest BCUT2D eigenvalue weighted by molar-refractivity contribution is -0.137. The average Bonchev–Trinajstić information content (AvgIpc) is 3.23. The van der Waals surface area contributed by atoms with Crippen molar-refractivity contribution in [1.82, 2.24) is 15.1 Å². The molecule has 4 rings (SSSR count). The zero-order chi connectivity index (χ0) is 21.3. The van der Waals surface area contributed by atoms with E-state index in [1.165, 1.54) is 29.5 Å². The second-order valence-corrected chi connectivity index (χ2v) is 8.10. The molecule has 1 aliphatic rings. The van der Waals surface area contributed by atoms with Gasteiger partial charge in [0.1, 0.15) is 10.8 Å². The molecule has 0 bridgehead atoms. The summed E-state index contributed by atoms with van der Waals surface area (Å²) in [5.41, 5.74) is -0.187. The fourth-order valence-corrected chi connectivity index (χ4v) is 4.49. The zero-order valence-electron chi connectivity index (χ0n) is 15.7. The highest BCUT2D eigenvalue weighted by atomic mass is 32.1. The summed E-state index contributed by atoms with van der Waals surface area (Å²) >= 11 is 1.30. The lowest BCUT2D eigenvalue weighted by atomic mass is 9.98. The molecule has 1 aliphatic heterocycles. The molecule has 9 heteroatoms. The Hall–Kier alpha value is -2.81. The van der Waals surface area contributed by atoms with Gasteiger partial charge >= 0.3 is 6.18 Å². The third kappa shape index (κ3) is 4.21. The van der Waals surface area contributed by atoms with Gasteiger partial charge in [-0.1, -0.05) is 23.5 Å². The molecule has 1 atom stereocenters. The van der Waals surface area contributed by atoms with Gasteiger partial charge in [-0.25, -0.2) is 4.39 Å². The molecule has 2 heterocycles. The van der Waals surface area contributed by atoms with Crippen molar-refractivity contribution in [2.45, 2.75) is 24.9 Å². The molecule has 0 spiro atoms.